The number of carbonyl (C=O) groups excluding carboxylic acids is 2. The van der Waals surface area contributed by atoms with Gasteiger partial charge in [0.1, 0.15) is 11.5 Å². The second-order valence-corrected chi connectivity index (χ2v) is 6.98. The molecule has 1 amide bonds. The number of carbonyl (C=O) groups is 2. The standard InChI is InChI=1S/C17H18N2O6S/c1-11-3-6-14(24-11)7-10-16(20)25-12(2)17(21)19-13-4-8-15(9-5-13)26(18,22)23/h3-10,12H,1-2H3,(H,19,21)(H2,18,22,23)/b10-7+/t12-/m1/s1. The van der Waals surface area contributed by atoms with Gasteiger partial charge >= 0.3 is 5.97 Å². The van der Waals surface area contributed by atoms with Crippen LogP contribution in [0.3, 0.4) is 0 Å². The summed E-state index contributed by atoms with van der Waals surface area (Å²) in [5.41, 5.74) is 0.340. The molecular weight excluding hydrogens is 360 g/mol. The Kier molecular flexibility index (Phi) is 5.96. The summed E-state index contributed by atoms with van der Waals surface area (Å²) in [6.45, 7) is 3.19. The van der Waals surface area contributed by atoms with Crippen LogP contribution in [-0.2, 0) is 24.3 Å². The third kappa shape index (κ3) is 5.57. The highest BCUT2D eigenvalue weighted by molar-refractivity contribution is 7.89. The molecule has 0 fully saturated rings. The van der Waals surface area contributed by atoms with Crippen LogP contribution in [0.5, 0.6) is 0 Å². The average Bonchev–Trinajstić information content (AvgIpc) is 2.98. The summed E-state index contributed by atoms with van der Waals surface area (Å²) in [6.07, 6.45) is 1.54. The minimum atomic E-state index is -3.81. The van der Waals surface area contributed by atoms with E-state index in [-0.39, 0.29) is 4.90 Å². The summed E-state index contributed by atoms with van der Waals surface area (Å²) < 4.78 is 32.6. The average molecular weight is 378 g/mol. The van der Waals surface area contributed by atoms with Crippen LogP contribution < -0.4 is 10.5 Å². The lowest BCUT2D eigenvalue weighted by atomic mass is 10.3. The van der Waals surface area contributed by atoms with Gasteiger partial charge in [-0.1, -0.05) is 0 Å². The molecule has 1 heterocycles. The van der Waals surface area contributed by atoms with Crippen LogP contribution in [0.1, 0.15) is 18.4 Å². The number of nitrogens with two attached hydrogens (primary N) is 1. The Hall–Kier alpha value is -2.91. The lowest BCUT2D eigenvalue weighted by Crippen LogP contribution is -2.29. The zero-order valence-corrected chi connectivity index (χ0v) is 14.9. The van der Waals surface area contributed by atoms with Crippen LogP contribution in [0.2, 0.25) is 0 Å². The van der Waals surface area contributed by atoms with Crippen molar-refractivity contribution in [3.05, 3.63) is 54.0 Å². The predicted molar refractivity (Wildman–Crippen MR) is 94.5 cm³/mol. The lowest BCUT2D eigenvalue weighted by molar-refractivity contribution is -0.148. The molecule has 0 aliphatic rings. The number of hydrogen-bond donors (Lipinski definition) is 2. The van der Waals surface area contributed by atoms with Crippen molar-refractivity contribution in [3.8, 4) is 0 Å². The highest BCUT2D eigenvalue weighted by atomic mass is 32.2. The Morgan fingerprint density at radius 2 is 1.85 bits per heavy atom. The molecule has 0 saturated carbocycles. The van der Waals surface area contributed by atoms with Crippen LogP contribution in [0, 0.1) is 6.92 Å². The van der Waals surface area contributed by atoms with Gasteiger partial charge < -0.3 is 14.5 Å². The molecule has 0 spiro atoms. The fraction of sp³-hybridized carbons (Fsp3) is 0.176. The molecule has 0 saturated heterocycles. The number of ether oxygens (including phenoxy) is 1. The van der Waals surface area contributed by atoms with Gasteiger partial charge in [0.2, 0.25) is 10.0 Å². The minimum Gasteiger partial charge on any atom is -0.462 e. The van der Waals surface area contributed by atoms with E-state index in [4.69, 9.17) is 14.3 Å². The number of hydrogen-bond acceptors (Lipinski definition) is 6. The van der Waals surface area contributed by atoms with Crippen molar-refractivity contribution in [1.82, 2.24) is 0 Å². The Morgan fingerprint density at radius 1 is 1.19 bits per heavy atom. The minimum absolute atomic E-state index is 0.0757. The van der Waals surface area contributed by atoms with Gasteiger partial charge in [-0.05, 0) is 56.3 Å². The quantitative estimate of drug-likeness (QED) is 0.583. The number of sulfonamides is 1. The molecule has 0 unspecified atom stereocenters. The highest BCUT2D eigenvalue weighted by Gasteiger charge is 2.17. The van der Waals surface area contributed by atoms with Gasteiger partial charge in [-0.2, -0.15) is 0 Å². The highest BCUT2D eigenvalue weighted by Crippen LogP contribution is 2.13. The molecule has 1 aromatic carbocycles. The van der Waals surface area contributed by atoms with Crippen LogP contribution in [0.15, 0.2) is 51.8 Å². The van der Waals surface area contributed by atoms with E-state index in [2.05, 4.69) is 5.32 Å². The van der Waals surface area contributed by atoms with Gasteiger partial charge in [-0.3, -0.25) is 4.79 Å². The van der Waals surface area contributed by atoms with E-state index in [0.717, 1.165) is 6.08 Å². The number of rotatable bonds is 6. The molecule has 3 N–H and O–H groups in total. The largest absolute Gasteiger partial charge is 0.462 e. The summed E-state index contributed by atoms with van der Waals surface area (Å²) in [5, 5.41) is 7.51. The van der Waals surface area contributed by atoms with Crippen LogP contribution in [-0.4, -0.2) is 26.4 Å². The van der Waals surface area contributed by atoms with Gasteiger partial charge in [0.25, 0.3) is 5.91 Å². The maximum atomic E-state index is 12.0. The maximum absolute atomic E-state index is 12.0. The van der Waals surface area contributed by atoms with Gasteiger partial charge in [0.15, 0.2) is 6.10 Å². The zero-order valence-electron chi connectivity index (χ0n) is 14.1. The molecule has 1 aromatic heterocycles. The van der Waals surface area contributed by atoms with E-state index >= 15 is 0 Å². The van der Waals surface area contributed by atoms with E-state index in [1.54, 1.807) is 19.1 Å². The van der Waals surface area contributed by atoms with Crippen LogP contribution in [0.25, 0.3) is 6.08 Å². The van der Waals surface area contributed by atoms with E-state index in [0.29, 0.717) is 17.2 Å². The fourth-order valence-electron chi connectivity index (χ4n) is 1.93. The van der Waals surface area contributed by atoms with Crippen molar-refractivity contribution in [2.75, 3.05) is 5.32 Å². The Labute approximate surface area is 150 Å². The summed E-state index contributed by atoms with van der Waals surface area (Å²) in [6, 6.07) is 8.73. The van der Waals surface area contributed by atoms with Crippen molar-refractivity contribution in [2.45, 2.75) is 24.8 Å². The van der Waals surface area contributed by atoms with Crippen LogP contribution in [0.4, 0.5) is 5.69 Å². The molecule has 138 valence electrons. The first-order valence-electron chi connectivity index (χ1n) is 7.54. The second-order valence-electron chi connectivity index (χ2n) is 5.42. The van der Waals surface area contributed by atoms with Crippen LogP contribution >= 0.6 is 0 Å². The number of anilines is 1. The molecule has 1 atom stereocenters. The lowest BCUT2D eigenvalue weighted by Gasteiger charge is -2.12. The Balaban J connectivity index is 1.90. The third-order valence-corrected chi connectivity index (χ3v) is 4.19. The van der Waals surface area contributed by atoms with E-state index in [1.165, 1.54) is 37.3 Å². The van der Waals surface area contributed by atoms with E-state index < -0.39 is 28.0 Å². The van der Waals surface area contributed by atoms with Crippen molar-refractivity contribution in [3.63, 3.8) is 0 Å². The molecule has 26 heavy (non-hydrogen) atoms. The monoisotopic (exact) mass is 378 g/mol. The number of benzene rings is 1. The smallest absolute Gasteiger partial charge is 0.331 e. The van der Waals surface area contributed by atoms with Crippen molar-refractivity contribution >= 4 is 33.7 Å². The SMILES string of the molecule is Cc1ccc(/C=C/C(=O)O[C@H](C)C(=O)Nc2ccc(S(N)(=O)=O)cc2)o1. The number of nitrogens with one attached hydrogen (secondary N) is 1. The summed E-state index contributed by atoms with van der Waals surface area (Å²) in [5.74, 6) is -0.0686. The zero-order chi connectivity index (χ0) is 19.3. The van der Waals surface area contributed by atoms with Gasteiger partial charge in [-0.15, -0.1) is 0 Å². The first kappa shape index (κ1) is 19.4. The predicted octanol–water partition coefficient (Wildman–Crippen LogP) is 1.82. The summed E-state index contributed by atoms with van der Waals surface area (Å²) in [7, 11) is -3.81. The van der Waals surface area contributed by atoms with Gasteiger partial charge in [-0.25, -0.2) is 18.4 Å². The molecule has 2 rings (SSSR count). The van der Waals surface area contributed by atoms with Crippen molar-refractivity contribution in [1.29, 1.82) is 0 Å². The number of esters is 1. The molecule has 0 bridgehead atoms. The molecule has 0 radical (unpaired) electrons. The Bertz CT molecular complexity index is 928. The van der Waals surface area contributed by atoms with Crippen molar-refractivity contribution in [2.24, 2.45) is 5.14 Å². The molecule has 9 heteroatoms. The number of primary sulfonamides is 1. The molecular formula is C17H18N2O6S. The summed E-state index contributed by atoms with van der Waals surface area (Å²) >= 11 is 0. The number of amides is 1. The van der Waals surface area contributed by atoms with E-state index in [1.807, 2.05) is 0 Å². The van der Waals surface area contributed by atoms with Gasteiger partial charge in [0.05, 0.1) is 4.90 Å². The first-order valence-corrected chi connectivity index (χ1v) is 9.08. The normalized spacial score (nSPS) is 12.7. The molecule has 0 aliphatic carbocycles. The molecule has 0 aliphatic heterocycles. The number of aryl methyl sites for hydroxylation is 1. The van der Waals surface area contributed by atoms with Crippen molar-refractivity contribution < 1.29 is 27.2 Å². The molecule has 2 aromatic rings. The summed E-state index contributed by atoms with van der Waals surface area (Å²) in [4.78, 5) is 23.7. The first-order chi connectivity index (χ1) is 12.1. The van der Waals surface area contributed by atoms with Gasteiger partial charge in [0, 0.05) is 11.8 Å². The number of furan rings is 1. The van der Waals surface area contributed by atoms with E-state index in [9.17, 15) is 18.0 Å². The molecule has 8 nitrogen and oxygen atoms in total. The fourth-order valence-corrected chi connectivity index (χ4v) is 2.45. The Morgan fingerprint density at radius 3 is 2.38 bits per heavy atom. The maximum Gasteiger partial charge on any atom is 0.331 e. The second kappa shape index (κ2) is 7.98. The topological polar surface area (TPSA) is 129 Å². The third-order valence-electron chi connectivity index (χ3n) is 3.26.